The molecule has 2 N–H and O–H groups in total. The minimum Gasteiger partial charge on any atom is -0.354 e. The second kappa shape index (κ2) is 7.18. The predicted octanol–water partition coefficient (Wildman–Crippen LogP) is 5.00. The van der Waals surface area contributed by atoms with Crippen molar-refractivity contribution >= 4 is 23.0 Å². The molecule has 0 aliphatic rings. The van der Waals surface area contributed by atoms with E-state index in [9.17, 15) is 4.79 Å². The van der Waals surface area contributed by atoms with Gasteiger partial charge in [0.1, 0.15) is 5.69 Å². The molecular formula is C21H21N3O. The van der Waals surface area contributed by atoms with Crippen LogP contribution in [0.5, 0.6) is 0 Å². The molecular weight excluding hydrogens is 310 g/mol. The van der Waals surface area contributed by atoms with E-state index in [1.165, 1.54) is 11.1 Å². The lowest BCUT2D eigenvalue weighted by Crippen LogP contribution is -2.13. The molecule has 3 rings (SSSR count). The minimum absolute atomic E-state index is 0.220. The van der Waals surface area contributed by atoms with Crippen molar-refractivity contribution in [3.05, 3.63) is 83.2 Å². The van der Waals surface area contributed by atoms with Gasteiger partial charge < -0.3 is 10.6 Å². The molecule has 0 aliphatic carbocycles. The highest BCUT2D eigenvalue weighted by molar-refractivity contribution is 6.02. The summed E-state index contributed by atoms with van der Waals surface area (Å²) in [4.78, 5) is 16.5. The Morgan fingerprint density at radius 2 is 1.52 bits per heavy atom. The molecule has 1 heterocycles. The Kier molecular flexibility index (Phi) is 4.80. The van der Waals surface area contributed by atoms with Gasteiger partial charge in [0.15, 0.2) is 0 Å². The van der Waals surface area contributed by atoms with Crippen LogP contribution in [0.3, 0.4) is 0 Å². The van der Waals surface area contributed by atoms with E-state index >= 15 is 0 Å². The molecule has 0 fully saturated rings. The summed E-state index contributed by atoms with van der Waals surface area (Å²) in [6.45, 7) is 6.14. The standard InChI is InChI=1S/C21H21N3O/c1-14-4-7-17(8-5-14)24-21(25)20-11-9-18(13-22-20)23-19-10-6-15(2)12-16(19)3/h4-13,23H,1-3H3,(H,24,25). The molecule has 1 amide bonds. The summed E-state index contributed by atoms with van der Waals surface area (Å²) in [5, 5.41) is 6.18. The van der Waals surface area contributed by atoms with Crippen LogP contribution in [-0.4, -0.2) is 10.9 Å². The number of hydrogen-bond acceptors (Lipinski definition) is 3. The molecule has 0 saturated carbocycles. The number of aryl methyl sites for hydroxylation is 3. The van der Waals surface area contributed by atoms with Gasteiger partial charge in [0.05, 0.1) is 11.9 Å². The van der Waals surface area contributed by atoms with Gasteiger partial charge in [-0.3, -0.25) is 4.79 Å². The van der Waals surface area contributed by atoms with Crippen molar-refractivity contribution in [2.45, 2.75) is 20.8 Å². The van der Waals surface area contributed by atoms with Gasteiger partial charge in [-0.05, 0) is 56.7 Å². The molecule has 0 unspecified atom stereocenters. The molecule has 2 aromatic carbocycles. The largest absolute Gasteiger partial charge is 0.354 e. The summed E-state index contributed by atoms with van der Waals surface area (Å²) in [6, 6.07) is 17.5. The van der Waals surface area contributed by atoms with Crippen molar-refractivity contribution in [3.8, 4) is 0 Å². The molecule has 0 radical (unpaired) electrons. The zero-order valence-electron chi connectivity index (χ0n) is 14.6. The van der Waals surface area contributed by atoms with Gasteiger partial charge in [0, 0.05) is 11.4 Å². The molecule has 4 nitrogen and oxygen atoms in total. The average Bonchev–Trinajstić information content (AvgIpc) is 2.60. The Hall–Kier alpha value is -3.14. The zero-order chi connectivity index (χ0) is 17.8. The van der Waals surface area contributed by atoms with Crippen LogP contribution in [0.1, 0.15) is 27.2 Å². The van der Waals surface area contributed by atoms with E-state index in [1.807, 2.05) is 43.3 Å². The van der Waals surface area contributed by atoms with Crippen LogP contribution in [0.4, 0.5) is 17.1 Å². The van der Waals surface area contributed by atoms with Gasteiger partial charge in [0.2, 0.25) is 0 Å². The van der Waals surface area contributed by atoms with Crippen LogP contribution in [0, 0.1) is 20.8 Å². The smallest absolute Gasteiger partial charge is 0.274 e. The normalized spacial score (nSPS) is 10.4. The third-order valence-electron chi connectivity index (χ3n) is 3.97. The van der Waals surface area contributed by atoms with Crippen LogP contribution < -0.4 is 10.6 Å². The fourth-order valence-electron chi connectivity index (χ4n) is 2.54. The number of anilines is 3. The number of benzene rings is 2. The van der Waals surface area contributed by atoms with Gasteiger partial charge in [-0.2, -0.15) is 0 Å². The summed E-state index contributed by atoms with van der Waals surface area (Å²) in [5.41, 5.74) is 6.56. The highest BCUT2D eigenvalue weighted by atomic mass is 16.1. The molecule has 0 atom stereocenters. The lowest BCUT2D eigenvalue weighted by Gasteiger charge is -2.10. The van der Waals surface area contributed by atoms with Crippen molar-refractivity contribution in [2.24, 2.45) is 0 Å². The summed E-state index contributed by atoms with van der Waals surface area (Å²) in [6.07, 6.45) is 1.67. The molecule has 0 bridgehead atoms. The van der Waals surface area contributed by atoms with Gasteiger partial charge in [-0.25, -0.2) is 4.98 Å². The van der Waals surface area contributed by atoms with E-state index in [-0.39, 0.29) is 5.91 Å². The van der Waals surface area contributed by atoms with Gasteiger partial charge in [0.25, 0.3) is 5.91 Å². The van der Waals surface area contributed by atoms with Crippen LogP contribution in [0.2, 0.25) is 0 Å². The van der Waals surface area contributed by atoms with Crippen molar-refractivity contribution in [3.63, 3.8) is 0 Å². The number of nitrogens with zero attached hydrogens (tertiary/aromatic N) is 1. The third kappa shape index (κ3) is 4.23. The van der Waals surface area contributed by atoms with E-state index in [1.54, 1.807) is 12.3 Å². The van der Waals surface area contributed by atoms with E-state index in [4.69, 9.17) is 0 Å². The third-order valence-corrected chi connectivity index (χ3v) is 3.97. The first kappa shape index (κ1) is 16.7. The SMILES string of the molecule is Cc1ccc(NC(=O)c2ccc(Nc3ccc(C)cc3C)cn2)cc1. The van der Waals surface area contributed by atoms with E-state index in [0.29, 0.717) is 5.69 Å². The van der Waals surface area contributed by atoms with Crippen LogP contribution in [-0.2, 0) is 0 Å². The topological polar surface area (TPSA) is 54.0 Å². The summed E-state index contributed by atoms with van der Waals surface area (Å²) in [7, 11) is 0. The molecule has 1 aromatic heterocycles. The lowest BCUT2D eigenvalue weighted by atomic mass is 10.1. The van der Waals surface area contributed by atoms with Crippen LogP contribution in [0.25, 0.3) is 0 Å². The maximum Gasteiger partial charge on any atom is 0.274 e. The maximum absolute atomic E-state index is 12.3. The Morgan fingerprint density at radius 3 is 2.16 bits per heavy atom. The van der Waals surface area contributed by atoms with Gasteiger partial charge in [-0.1, -0.05) is 35.4 Å². The average molecular weight is 331 g/mol. The number of carbonyl (C=O) groups excluding carboxylic acids is 1. The summed E-state index contributed by atoms with van der Waals surface area (Å²) >= 11 is 0. The lowest BCUT2D eigenvalue weighted by molar-refractivity contribution is 0.102. The number of carbonyl (C=O) groups is 1. The number of pyridine rings is 1. The maximum atomic E-state index is 12.3. The monoisotopic (exact) mass is 331 g/mol. The molecule has 4 heteroatoms. The van der Waals surface area contributed by atoms with Crippen molar-refractivity contribution in [1.82, 2.24) is 4.98 Å². The highest BCUT2D eigenvalue weighted by Gasteiger charge is 2.08. The first-order valence-corrected chi connectivity index (χ1v) is 8.19. The van der Waals surface area contributed by atoms with Crippen LogP contribution >= 0.6 is 0 Å². The van der Waals surface area contributed by atoms with Crippen molar-refractivity contribution in [1.29, 1.82) is 0 Å². The second-order valence-corrected chi connectivity index (χ2v) is 6.20. The highest BCUT2D eigenvalue weighted by Crippen LogP contribution is 2.21. The number of aromatic nitrogens is 1. The van der Waals surface area contributed by atoms with Gasteiger partial charge >= 0.3 is 0 Å². The van der Waals surface area contributed by atoms with Crippen molar-refractivity contribution < 1.29 is 4.79 Å². The predicted molar refractivity (Wildman–Crippen MR) is 103 cm³/mol. The molecule has 0 saturated heterocycles. The Balaban J connectivity index is 1.69. The molecule has 0 aliphatic heterocycles. The number of hydrogen-bond donors (Lipinski definition) is 2. The minimum atomic E-state index is -0.220. The molecule has 126 valence electrons. The summed E-state index contributed by atoms with van der Waals surface area (Å²) < 4.78 is 0. The van der Waals surface area contributed by atoms with E-state index in [2.05, 4.69) is 41.6 Å². The zero-order valence-corrected chi connectivity index (χ0v) is 14.6. The number of rotatable bonds is 4. The first-order valence-electron chi connectivity index (χ1n) is 8.19. The number of amides is 1. The van der Waals surface area contributed by atoms with E-state index in [0.717, 1.165) is 22.6 Å². The van der Waals surface area contributed by atoms with Crippen LogP contribution in [0.15, 0.2) is 60.8 Å². The van der Waals surface area contributed by atoms with E-state index < -0.39 is 0 Å². The second-order valence-electron chi connectivity index (χ2n) is 6.20. The Labute approximate surface area is 147 Å². The molecule has 3 aromatic rings. The van der Waals surface area contributed by atoms with Gasteiger partial charge in [-0.15, -0.1) is 0 Å². The van der Waals surface area contributed by atoms with Crippen molar-refractivity contribution in [2.75, 3.05) is 10.6 Å². The molecule has 25 heavy (non-hydrogen) atoms. The summed E-state index contributed by atoms with van der Waals surface area (Å²) in [5.74, 6) is -0.220. The fourth-order valence-corrected chi connectivity index (χ4v) is 2.54. The quantitative estimate of drug-likeness (QED) is 0.707. The fraction of sp³-hybridized carbons (Fsp3) is 0.143. The number of nitrogens with one attached hydrogen (secondary N) is 2. The first-order chi connectivity index (χ1) is 12.0. The Morgan fingerprint density at radius 1 is 0.840 bits per heavy atom. The Bertz CT molecular complexity index is 884. The molecule has 0 spiro atoms.